The Kier molecular flexibility index (Phi) is 4.68. The Morgan fingerprint density at radius 2 is 1.61 bits per heavy atom. The molecule has 0 saturated heterocycles. The summed E-state index contributed by atoms with van der Waals surface area (Å²) in [6.07, 6.45) is -2.76. The minimum absolute atomic E-state index is 0.0344. The number of aromatic hydroxyl groups is 2. The summed E-state index contributed by atoms with van der Waals surface area (Å²) in [6, 6.07) is 5.91. The Morgan fingerprint density at radius 1 is 1.06 bits per heavy atom. The topological polar surface area (TPSA) is 158 Å². The summed E-state index contributed by atoms with van der Waals surface area (Å²) in [5, 5.41) is 43.1. The fraction of sp³-hybridized carbons (Fsp3) is 0.273. The van der Waals surface area contributed by atoms with E-state index in [-0.39, 0.29) is 22.3 Å². The van der Waals surface area contributed by atoms with E-state index in [2.05, 4.69) is 4.74 Å². The van der Waals surface area contributed by atoms with Crippen molar-refractivity contribution in [1.29, 1.82) is 0 Å². The van der Waals surface area contributed by atoms with E-state index in [4.69, 9.17) is 0 Å². The summed E-state index contributed by atoms with van der Waals surface area (Å²) < 4.78 is 4.62. The standard InChI is InChI=1S/C22H18O9/c1-9(23)31-8-14(25)22(30)6-12-15(13(24)7-22)21(29)17-16(20(12)28)18(26)10-4-2-3-5-11(10)19(17)27/h2-5,13,24,28-30H,6-8H2,1H3. The molecule has 0 bridgehead atoms. The fourth-order valence-electron chi connectivity index (χ4n) is 4.22. The molecule has 0 aliphatic heterocycles. The van der Waals surface area contributed by atoms with Gasteiger partial charge in [-0.1, -0.05) is 24.3 Å². The monoisotopic (exact) mass is 426 g/mol. The maximum absolute atomic E-state index is 13.0. The van der Waals surface area contributed by atoms with Crippen LogP contribution in [0, 0.1) is 0 Å². The van der Waals surface area contributed by atoms with Gasteiger partial charge in [-0.05, 0) is 0 Å². The van der Waals surface area contributed by atoms with Crippen molar-refractivity contribution in [2.45, 2.75) is 31.5 Å². The lowest BCUT2D eigenvalue weighted by atomic mass is 9.72. The first-order valence-electron chi connectivity index (χ1n) is 9.43. The normalized spacial score (nSPS) is 21.7. The molecule has 0 saturated carbocycles. The lowest BCUT2D eigenvalue weighted by molar-refractivity contribution is -0.155. The molecule has 0 heterocycles. The molecule has 4 N–H and O–H groups in total. The molecule has 2 aliphatic carbocycles. The fourth-order valence-corrected chi connectivity index (χ4v) is 4.22. The van der Waals surface area contributed by atoms with Crippen molar-refractivity contribution in [3.05, 3.63) is 57.6 Å². The van der Waals surface area contributed by atoms with Gasteiger partial charge in [-0.2, -0.15) is 0 Å². The van der Waals surface area contributed by atoms with Gasteiger partial charge in [0, 0.05) is 42.0 Å². The van der Waals surface area contributed by atoms with Crippen LogP contribution in [0.1, 0.15) is 62.4 Å². The molecule has 0 amide bonds. The van der Waals surface area contributed by atoms with E-state index in [0.717, 1.165) is 6.92 Å². The number of hydrogen-bond donors (Lipinski definition) is 4. The van der Waals surface area contributed by atoms with Gasteiger partial charge in [0.15, 0.2) is 18.2 Å². The molecule has 31 heavy (non-hydrogen) atoms. The number of aliphatic hydroxyl groups excluding tert-OH is 1. The third kappa shape index (κ3) is 3.01. The largest absolute Gasteiger partial charge is 0.507 e. The maximum atomic E-state index is 13.0. The summed E-state index contributed by atoms with van der Waals surface area (Å²) in [6.45, 7) is 0.329. The summed E-state index contributed by atoms with van der Waals surface area (Å²) in [7, 11) is 0. The first kappa shape index (κ1) is 20.7. The van der Waals surface area contributed by atoms with E-state index < -0.39 is 77.1 Å². The van der Waals surface area contributed by atoms with Gasteiger partial charge in [0.05, 0.1) is 17.2 Å². The maximum Gasteiger partial charge on any atom is 0.303 e. The van der Waals surface area contributed by atoms with E-state index in [1.165, 1.54) is 12.1 Å². The van der Waals surface area contributed by atoms with Crippen molar-refractivity contribution >= 4 is 23.3 Å². The van der Waals surface area contributed by atoms with E-state index >= 15 is 0 Å². The van der Waals surface area contributed by atoms with Crippen molar-refractivity contribution < 1.29 is 44.3 Å². The van der Waals surface area contributed by atoms with Crippen molar-refractivity contribution in [3.8, 4) is 11.5 Å². The molecule has 2 aromatic carbocycles. The number of aliphatic hydroxyl groups is 2. The quantitative estimate of drug-likeness (QED) is 0.350. The minimum atomic E-state index is -2.22. The lowest BCUT2D eigenvalue weighted by Gasteiger charge is -2.36. The third-order valence-corrected chi connectivity index (χ3v) is 5.72. The third-order valence-electron chi connectivity index (χ3n) is 5.72. The average Bonchev–Trinajstić information content (AvgIpc) is 2.72. The van der Waals surface area contributed by atoms with Crippen LogP contribution in [-0.2, 0) is 20.7 Å². The van der Waals surface area contributed by atoms with Crippen LogP contribution in [0.4, 0.5) is 0 Å². The first-order valence-corrected chi connectivity index (χ1v) is 9.43. The molecular formula is C22H18O9. The molecule has 2 unspecified atom stereocenters. The molecule has 0 spiro atoms. The minimum Gasteiger partial charge on any atom is -0.507 e. The van der Waals surface area contributed by atoms with Gasteiger partial charge in [0.2, 0.25) is 5.78 Å². The zero-order chi connectivity index (χ0) is 22.7. The Labute approximate surface area is 175 Å². The molecule has 0 radical (unpaired) electrons. The summed E-state index contributed by atoms with van der Waals surface area (Å²) in [5.41, 5.74) is -3.49. The average molecular weight is 426 g/mol. The molecule has 2 atom stereocenters. The van der Waals surface area contributed by atoms with Crippen LogP contribution >= 0.6 is 0 Å². The molecule has 0 fully saturated rings. The van der Waals surface area contributed by atoms with Crippen LogP contribution in [-0.4, -0.2) is 56.0 Å². The molecule has 9 nitrogen and oxygen atoms in total. The van der Waals surface area contributed by atoms with E-state index in [1.807, 2.05) is 0 Å². The predicted octanol–water partition coefficient (Wildman–Crippen LogP) is 0.716. The van der Waals surface area contributed by atoms with E-state index in [1.54, 1.807) is 12.1 Å². The number of esters is 1. The second kappa shape index (κ2) is 7.00. The number of benzene rings is 2. The van der Waals surface area contributed by atoms with Crippen molar-refractivity contribution in [3.63, 3.8) is 0 Å². The molecule has 4 rings (SSSR count). The molecule has 0 aromatic heterocycles. The Balaban J connectivity index is 1.87. The molecule has 9 heteroatoms. The van der Waals surface area contributed by atoms with Crippen molar-refractivity contribution in [2.24, 2.45) is 0 Å². The van der Waals surface area contributed by atoms with Crippen LogP contribution in [0.2, 0.25) is 0 Å². The summed E-state index contributed by atoms with van der Waals surface area (Å²) >= 11 is 0. The Hall–Kier alpha value is -3.56. The lowest BCUT2D eigenvalue weighted by Crippen LogP contribution is -2.47. The SMILES string of the molecule is CC(=O)OCC(=O)C1(O)Cc2c(O)c3c(c(O)c2C(O)C1)C(=O)c1ccccc1C3=O. The Bertz CT molecular complexity index is 1180. The highest BCUT2D eigenvalue weighted by atomic mass is 16.5. The van der Waals surface area contributed by atoms with Crippen LogP contribution in [0.5, 0.6) is 11.5 Å². The van der Waals surface area contributed by atoms with Gasteiger partial charge >= 0.3 is 5.97 Å². The van der Waals surface area contributed by atoms with Gasteiger partial charge < -0.3 is 25.2 Å². The van der Waals surface area contributed by atoms with Crippen LogP contribution in [0.15, 0.2) is 24.3 Å². The zero-order valence-corrected chi connectivity index (χ0v) is 16.3. The highest BCUT2D eigenvalue weighted by Crippen LogP contribution is 2.50. The number of phenols is 2. The number of rotatable bonds is 3. The van der Waals surface area contributed by atoms with Gasteiger partial charge in [-0.3, -0.25) is 19.2 Å². The van der Waals surface area contributed by atoms with Crippen LogP contribution in [0.25, 0.3) is 0 Å². The highest BCUT2D eigenvalue weighted by molar-refractivity contribution is 6.30. The number of ketones is 3. The molecular weight excluding hydrogens is 408 g/mol. The molecule has 2 aromatic rings. The smallest absolute Gasteiger partial charge is 0.303 e. The second-order valence-electron chi connectivity index (χ2n) is 7.67. The number of ether oxygens (including phenoxy) is 1. The number of fused-ring (bicyclic) bond motifs is 3. The highest BCUT2D eigenvalue weighted by Gasteiger charge is 2.48. The summed E-state index contributed by atoms with van der Waals surface area (Å²) in [4.78, 5) is 49.4. The van der Waals surface area contributed by atoms with Gasteiger partial charge in [0.1, 0.15) is 17.1 Å². The van der Waals surface area contributed by atoms with E-state index in [9.17, 15) is 39.6 Å². The molecule has 160 valence electrons. The van der Waals surface area contributed by atoms with Crippen LogP contribution < -0.4 is 0 Å². The Morgan fingerprint density at radius 3 is 2.16 bits per heavy atom. The van der Waals surface area contributed by atoms with Gasteiger partial charge in [-0.25, -0.2) is 0 Å². The number of Topliss-reactive ketones (excluding diaryl/α,β-unsaturated/α-hetero) is 1. The number of carbonyl (C=O) groups excluding carboxylic acids is 4. The zero-order valence-electron chi connectivity index (χ0n) is 16.3. The van der Waals surface area contributed by atoms with Gasteiger partial charge in [0.25, 0.3) is 0 Å². The molecule has 2 aliphatic rings. The number of phenolic OH excluding ortho intramolecular Hbond substituents is 2. The predicted molar refractivity (Wildman–Crippen MR) is 103 cm³/mol. The van der Waals surface area contributed by atoms with Crippen molar-refractivity contribution in [1.82, 2.24) is 0 Å². The van der Waals surface area contributed by atoms with E-state index in [0.29, 0.717) is 0 Å². The number of hydrogen-bond acceptors (Lipinski definition) is 9. The van der Waals surface area contributed by atoms with Gasteiger partial charge in [-0.15, -0.1) is 0 Å². The van der Waals surface area contributed by atoms with Crippen LogP contribution in [0.3, 0.4) is 0 Å². The second-order valence-corrected chi connectivity index (χ2v) is 7.67. The summed E-state index contributed by atoms with van der Waals surface area (Å²) in [5.74, 6) is -4.45. The first-order chi connectivity index (χ1) is 14.6. The van der Waals surface area contributed by atoms with Crippen molar-refractivity contribution in [2.75, 3.05) is 6.61 Å². The number of carbonyl (C=O) groups is 4.